The summed E-state index contributed by atoms with van der Waals surface area (Å²) in [6.07, 6.45) is 15.9. The molecular weight excluding hydrogens is 575 g/mol. The van der Waals surface area contributed by atoms with Gasteiger partial charge in [-0.05, 0) is 96.8 Å². The number of hydrogen-bond donors (Lipinski definition) is 0. The van der Waals surface area contributed by atoms with Crippen molar-refractivity contribution in [1.82, 2.24) is 0 Å². The van der Waals surface area contributed by atoms with E-state index in [2.05, 4.69) is 126 Å². The molecule has 1 heterocycles. The zero-order valence-corrected chi connectivity index (χ0v) is 27.8. The summed E-state index contributed by atoms with van der Waals surface area (Å²) in [7, 11) is 0. The van der Waals surface area contributed by atoms with Crippen LogP contribution in [0.1, 0.15) is 99.7 Å². The number of benzene rings is 5. The fraction of sp³-hybridized carbons (Fsp3) is 0.318. The van der Waals surface area contributed by atoms with E-state index in [1.54, 1.807) is 0 Å². The van der Waals surface area contributed by atoms with Crippen molar-refractivity contribution in [2.24, 2.45) is 0 Å². The molecule has 46 heavy (non-hydrogen) atoms. The van der Waals surface area contributed by atoms with Gasteiger partial charge >= 0.3 is 0 Å². The van der Waals surface area contributed by atoms with Crippen LogP contribution in [-0.4, -0.2) is 0 Å². The molecule has 0 radical (unpaired) electrons. The smallest absolute Gasteiger partial charge is 0.0468 e. The van der Waals surface area contributed by atoms with Crippen LogP contribution in [0, 0.1) is 0 Å². The second-order valence-corrected chi connectivity index (χ2v) is 14.9. The average Bonchev–Trinajstić information content (AvgIpc) is 3.48. The summed E-state index contributed by atoms with van der Waals surface area (Å²) in [5.41, 5.74) is 8.22. The molecule has 8 rings (SSSR count). The molecule has 2 aliphatic rings. The van der Waals surface area contributed by atoms with Crippen molar-refractivity contribution in [3.8, 4) is 0 Å². The van der Waals surface area contributed by atoms with Crippen LogP contribution >= 0.6 is 11.3 Å². The average molecular weight is 620 g/mol. The molecule has 0 aliphatic heterocycles. The van der Waals surface area contributed by atoms with Gasteiger partial charge in [0, 0.05) is 42.6 Å². The van der Waals surface area contributed by atoms with Crippen LogP contribution in [0.5, 0.6) is 0 Å². The Hall–Kier alpha value is -3.88. The minimum Gasteiger partial charge on any atom is -0.310 e. The number of thiophene rings is 1. The summed E-state index contributed by atoms with van der Waals surface area (Å²) in [5, 5.41) is 2.69. The van der Waals surface area contributed by atoms with Gasteiger partial charge in [-0.25, -0.2) is 0 Å². The van der Waals surface area contributed by atoms with Crippen molar-refractivity contribution in [3.63, 3.8) is 0 Å². The molecule has 5 aromatic carbocycles. The minimum atomic E-state index is 0.0845. The van der Waals surface area contributed by atoms with Gasteiger partial charge in [-0.1, -0.05) is 124 Å². The monoisotopic (exact) mass is 619 g/mol. The van der Waals surface area contributed by atoms with Crippen molar-refractivity contribution in [3.05, 3.63) is 138 Å². The standard InChI is InChI=1S/C44H45NS/c1-2-12-30-44(31-13-3-1,35-16-8-5-9-17-35)36-22-26-38(27-23-36)45(37-24-20-34(21-25-37)33-14-6-4-7-15-33)39-28-29-43-41(32-39)40-18-10-11-19-42(40)46-43/h5,8-11,16-29,32-33H,1-4,6-7,12-15,30-31H2. The van der Waals surface area contributed by atoms with Gasteiger partial charge < -0.3 is 4.90 Å². The summed E-state index contributed by atoms with van der Waals surface area (Å²) in [4.78, 5) is 2.48. The maximum Gasteiger partial charge on any atom is 0.0468 e. The van der Waals surface area contributed by atoms with E-state index in [9.17, 15) is 0 Å². The third-order valence-electron chi connectivity index (χ3n) is 11.1. The molecule has 1 aromatic heterocycles. The SMILES string of the molecule is c1ccc(C2(c3ccc(N(c4ccc(C5CCCCC5)cc4)c4ccc5sc6ccccc6c5c4)cc3)CCCCCCC2)cc1. The molecule has 2 aliphatic carbocycles. The summed E-state index contributed by atoms with van der Waals surface area (Å²) in [5.74, 6) is 0.710. The van der Waals surface area contributed by atoms with E-state index in [-0.39, 0.29) is 5.41 Å². The topological polar surface area (TPSA) is 3.24 Å². The van der Waals surface area contributed by atoms with E-state index in [1.807, 2.05) is 11.3 Å². The third kappa shape index (κ3) is 5.66. The Kier molecular flexibility index (Phi) is 8.40. The molecule has 0 unspecified atom stereocenters. The quantitative estimate of drug-likeness (QED) is 0.179. The van der Waals surface area contributed by atoms with Crippen molar-refractivity contribution in [2.45, 2.75) is 88.4 Å². The summed E-state index contributed by atoms with van der Waals surface area (Å²) in [6, 6.07) is 46.5. The lowest BCUT2D eigenvalue weighted by Crippen LogP contribution is -2.29. The van der Waals surface area contributed by atoms with Gasteiger partial charge in [0.25, 0.3) is 0 Å². The normalized spacial score (nSPS) is 17.5. The van der Waals surface area contributed by atoms with Crippen molar-refractivity contribution < 1.29 is 0 Å². The fourth-order valence-electron chi connectivity index (χ4n) is 8.57. The van der Waals surface area contributed by atoms with Crippen LogP contribution in [-0.2, 0) is 5.41 Å². The summed E-state index contributed by atoms with van der Waals surface area (Å²) < 4.78 is 2.70. The Bertz CT molecular complexity index is 1890. The molecule has 2 heteroatoms. The molecule has 0 bridgehead atoms. The van der Waals surface area contributed by atoms with Gasteiger partial charge in [-0.2, -0.15) is 0 Å². The number of anilines is 3. The maximum atomic E-state index is 2.48. The number of fused-ring (bicyclic) bond motifs is 3. The van der Waals surface area contributed by atoms with E-state index in [0.29, 0.717) is 5.92 Å². The van der Waals surface area contributed by atoms with Crippen LogP contribution in [0.25, 0.3) is 20.2 Å². The molecule has 2 saturated carbocycles. The highest BCUT2D eigenvalue weighted by atomic mass is 32.1. The molecule has 6 aromatic rings. The van der Waals surface area contributed by atoms with Gasteiger partial charge in [-0.3, -0.25) is 0 Å². The predicted octanol–water partition coefficient (Wildman–Crippen LogP) is 13.6. The van der Waals surface area contributed by atoms with Crippen LogP contribution in [0.15, 0.2) is 121 Å². The molecule has 0 N–H and O–H groups in total. The first-order valence-electron chi connectivity index (χ1n) is 17.8. The number of hydrogen-bond acceptors (Lipinski definition) is 2. The number of nitrogens with zero attached hydrogens (tertiary/aromatic N) is 1. The van der Waals surface area contributed by atoms with Gasteiger partial charge in [0.2, 0.25) is 0 Å². The highest BCUT2D eigenvalue weighted by molar-refractivity contribution is 7.25. The molecule has 0 atom stereocenters. The molecule has 2 fully saturated rings. The lowest BCUT2D eigenvalue weighted by Gasteiger charge is -2.37. The summed E-state index contributed by atoms with van der Waals surface area (Å²) in [6.45, 7) is 0. The van der Waals surface area contributed by atoms with Crippen LogP contribution in [0.3, 0.4) is 0 Å². The molecule has 0 spiro atoms. The minimum absolute atomic E-state index is 0.0845. The number of rotatable bonds is 6. The summed E-state index contributed by atoms with van der Waals surface area (Å²) >= 11 is 1.89. The molecule has 0 saturated heterocycles. The van der Waals surface area contributed by atoms with Crippen LogP contribution in [0.4, 0.5) is 17.1 Å². The second kappa shape index (κ2) is 13.1. The zero-order chi connectivity index (χ0) is 30.8. The Morgan fingerprint density at radius 2 is 1.04 bits per heavy atom. The van der Waals surface area contributed by atoms with E-state index < -0.39 is 0 Å². The van der Waals surface area contributed by atoms with Crippen molar-refractivity contribution in [2.75, 3.05) is 4.90 Å². The van der Waals surface area contributed by atoms with E-state index in [4.69, 9.17) is 0 Å². The van der Waals surface area contributed by atoms with Crippen LogP contribution < -0.4 is 4.90 Å². The molecule has 0 amide bonds. The Morgan fingerprint density at radius 1 is 0.478 bits per heavy atom. The van der Waals surface area contributed by atoms with E-state index in [0.717, 1.165) is 0 Å². The maximum absolute atomic E-state index is 2.48. The molecule has 232 valence electrons. The first kappa shape index (κ1) is 29.5. The predicted molar refractivity (Wildman–Crippen MR) is 199 cm³/mol. The van der Waals surface area contributed by atoms with Crippen molar-refractivity contribution >= 4 is 48.6 Å². The third-order valence-corrected chi connectivity index (χ3v) is 12.2. The van der Waals surface area contributed by atoms with Gasteiger partial charge in [-0.15, -0.1) is 11.3 Å². The largest absolute Gasteiger partial charge is 0.310 e. The Labute approximate surface area is 278 Å². The van der Waals surface area contributed by atoms with Crippen molar-refractivity contribution in [1.29, 1.82) is 0 Å². The van der Waals surface area contributed by atoms with Gasteiger partial charge in [0.05, 0.1) is 0 Å². The van der Waals surface area contributed by atoms with Gasteiger partial charge in [0.1, 0.15) is 0 Å². The first-order chi connectivity index (χ1) is 22.8. The second-order valence-electron chi connectivity index (χ2n) is 13.8. The Morgan fingerprint density at radius 3 is 1.78 bits per heavy atom. The molecule has 1 nitrogen and oxygen atoms in total. The lowest BCUT2D eigenvalue weighted by atomic mass is 9.67. The highest BCUT2D eigenvalue weighted by Gasteiger charge is 2.34. The van der Waals surface area contributed by atoms with E-state index >= 15 is 0 Å². The van der Waals surface area contributed by atoms with E-state index in [1.165, 1.54) is 131 Å². The van der Waals surface area contributed by atoms with Crippen LogP contribution in [0.2, 0.25) is 0 Å². The van der Waals surface area contributed by atoms with Gasteiger partial charge in [0.15, 0.2) is 0 Å². The fourth-order valence-corrected chi connectivity index (χ4v) is 9.66. The Balaban J connectivity index is 1.22. The first-order valence-corrected chi connectivity index (χ1v) is 18.6. The zero-order valence-electron chi connectivity index (χ0n) is 27.0. The molecular formula is C44H45NS. The highest BCUT2D eigenvalue weighted by Crippen LogP contribution is 2.46. The lowest BCUT2D eigenvalue weighted by molar-refractivity contribution is 0.366.